The molecule has 3 rings (SSSR count). The summed E-state index contributed by atoms with van der Waals surface area (Å²) in [5.74, 6) is 1.79. The van der Waals surface area contributed by atoms with Crippen LogP contribution in [0.25, 0.3) is 0 Å². The number of hydrogen-bond donors (Lipinski definition) is 2. The Bertz CT molecular complexity index is 661. The lowest BCUT2D eigenvalue weighted by Crippen LogP contribution is -2.26. The molecule has 21 heavy (non-hydrogen) atoms. The van der Waals surface area contributed by atoms with E-state index in [0.29, 0.717) is 24.3 Å². The van der Waals surface area contributed by atoms with Crippen LogP contribution in [0.1, 0.15) is 5.56 Å². The molecule has 2 heterocycles. The van der Waals surface area contributed by atoms with Crippen LogP contribution < -0.4 is 15.4 Å². The number of hydrogen-bond acceptors (Lipinski definition) is 6. The Balaban J connectivity index is 1.64. The zero-order chi connectivity index (χ0) is 14.5. The van der Waals surface area contributed by atoms with E-state index >= 15 is 0 Å². The Morgan fingerprint density at radius 1 is 1.29 bits per heavy atom. The largest absolute Gasteiger partial charge is 0.472 e. The van der Waals surface area contributed by atoms with E-state index in [1.807, 2.05) is 24.3 Å². The molecule has 0 aliphatic carbocycles. The molecule has 1 aliphatic heterocycles. The molecule has 0 fully saturated rings. The average molecular weight is 348 g/mol. The van der Waals surface area contributed by atoms with Crippen LogP contribution in [0.4, 0.5) is 5.82 Å². The van der Waals surface area contributed by atoms with Gasteiger partial charge >= 0.3 is 0 Å². The van der Waals surface area contributed by atoms with Gasteiger partial charge in [-0.1, -0.05) is 34.1 Å². The van der Waals surface area contributed by atoms with Crippen molar-refractivity contribution >= 4 is 27.7 Å². The van der Waals surface area contributed by atoms with Crippen molar-refractivity contribution in [3.8, 4) is 5.88 Å². The van der Waals surface area contributed by atoms with Crippen LogP contribution in [0.2, 0.25) is 0 Å². The zero-order valence-corrected chi connectivity index (χ0v) is 12.8. The van der Waals surface area contributed by atoms with E-state index in [9.17, 15) is 0 Å². The molecule has 0 saturated carbocycles. The SMILES string of the molecule is Brc1ccccc1COc1cncc(NC2=NCCN2)n1. The van der Waals surface area contributed by atoms with Gasteiger partial charge in [-0.3, -0.25) is 9.98 Å². The van der Waals surface area contributed by atoms with E-state index in [-0.39, 0.29) is 0 Å². The molecule has 1 aliphatic rings. The number of benzene rings is 1. The number of ether oxygens (including phenoxy) is 1. The van der Waals surface area contributed by atoms with Gasteiger partial charge in [0.1, 0.15) is 6.61 Å². The maximum atomic E-state index is 5.67. The third kappa shape index (κ3) is 3.69. The van der Waals surface area contributed by atoms with Crippen LogP contribution in [0, 0.1) is 0 Å². The number of halogens is 1. The van der Waals surface area contributed by atoms with Crippen molar-refractivity contribution < 1.29 is 4.74 Å². The Kier molecular flexibility index (Phi) is 4.30. The molecule has 1 aromatic carbocycles. The predicted octanol–water partition coefficient (Wildman–Crippen LogP) is 2.19. The monoisotopic (exact) mass is 347 g/mol. The molecule has 6 nitrogen and oxygen atoms in total. The fourth-order valence-electron chi connectivity index (χ4n) is 1.85. The van der Waals surface area contributed by atoms with Crippen LogP contribution in [0.15, 0.2) is 46.1 Å². The van der Waals surface area contributed by atoms with E-state index in [2.05, 4.69) is 41.5 Å². The lowest BCUT2D eigenvalue weighted by atomic mass is 10.2. The highest BCUT2D eigenvalue weighted by Crippen LogP contribution is 2.18. The lowest BCUT2D eigenvalue weighted by molar-refractivity contribution is 0.292. The lowest BCUT2D eigenvalue weighted by Gasteiger charge is -2.09. The van der Waals surface area contributed by atoms with E-state index in [1.54, 1.807) is 12.4 Å². The quantitative estimate of drug-likeness (QED) is 0.886. The molecule has 0 radical (unpaired) electrons. The summed E-state index contributed by atoms with van der Waals surface area (Å²) in [4.78, 5) is 12.7. The molecule has 2 aromatic rings. The topological polar surface area (TPSA) is 71.4 Å². The molecular weight excluding hydrogens is 334 g/mol. The van der Waals surface area contributed by atoms with Gasteiger partial charge in [-0.15, -0.1) is 0 Å². The van der Waals surface area contributed by atoms with E-state index in [4.69, 9.17) is 4.74 Å². The maximum Gasteiger partial charge on any atom is 0.234 e. The van der Waals surface area contributed by atoms with Crippen LogP contribution in [-0.2, 0) is 6.61 Å². The molecule has 0 spiro atoms. The highest BCUT2D eigenvalue weighted by atomic mass is 79.9. The van der Waals surface area contributed by atoms with Gasteiger partial charge in [0.05, 0.1) is 18.9 Å². The highest BCUT2D eigenvalue weighted by molar-refractivity contribution is 9.10. The fourth-order valence-corrected chi connectivity index (χ4v) is 2.25. The third-order valence-corrected chi connectivity index (χ3v) is 3.64. The highest BCUT2D eigenvalue weighted by Gasteiger charge is 2.07. The summed E-state index contributed by atoms with van der Waals surface area (Å²) in [5, 5.41) is 6.18. The molecule has 1 aromatic heterocycles. The van der Waals surface area contributed by atoms with Crippen molar-refractivity contribution in [3.05, 3.63) is 46.7 Å². The van der Waals surface area contributed by atoms with Crippen molar-refractivity contribution in [2.24, 2.45) is 4.99 Å². The van der Waals surface area contributed by atoms with Crippen molar-refractivity contribution in [1.29, 1.82) is 0 Å². The van der Waals surface area contributed by atoms with Crippen LogP contribution in [-0.4, -0.2) is 29.0 Å². The Hall–Kier alpha value is -2.15. The van der Waals surface area contributed by atoms with Crippen LogP contribution in [0.3, 0.4) is 0 Å². The summed E-state index contributed by atoms with van der Waals surface area (Å²) in [6, 6.07) is 7.91. The van der Waals surface area contributed by atoms with Crippen molar-refractivity contribution in [1.82, 2.24) is 15.3 Å². The van der Waals surface area contributed by atoms with Gasteiger partial charge in [0, 0.05) is 16.6 Å². The summed E-state index contributed by atoms with van der Waals surface area (Å²) in [6.07, 6.45) is 3.22. The minimum absolute atomic E-state index is 0.429. The second kappa shape index (κ2) is 6.53. The van der Waals surface area contributed by atoms with Crippen molar-refractivity contribution in [2.45, 2.75) is 6.61 Å². The molecule has 108 valence electrons. The summed E-state index contributed by atoms with van der Waals surface area (Å²) in [7, 11) is 0. The van der Waals surface area contributed by atoms with Gasteiger partial charge in [-0.05, 0) is 6.07 Å². The average Bonchev–Trinajstić information content (AvgIpc) is 3.00. The first-order valence-electron chi connectivity index (χ1n) is 6.55. The van der Waals surface area contributed by atoms with Gasteiger partial charge in [-0.2, -0.15) is 4.98 Å². The Labute approximate surface area is 130 Å². The van der Waals surface area contributed by atoms with Crippen molar-refractivity contribution in [2.75, 3.05) is 18.4 Å². The van der Waals surface area contributed by atoms with E-state index in [0.717, 1.165) is 23.1 Å². The minimum Gasteiger partial charge on any atom is -0.472 e. The number of nitrogens with one attached hydrogen (secondary N) is 2. The molecule has 0 atom stereocenters. The van der Waals surface area contributed by atoms with Gasteiger partial charge in [0.2, 0.25) is 5.88 Å². The predicted molar refractivity (Wildman–Crippen MR) is 84.4 cm³/mol. The summed E-state index contributed by atoms with van der Waals surface area (Å²) in [6.45, 7) is 2.04. The van der Waals surface area contributed by atoms with Crippen LogP contribution in [0.5, 0.6) is 5.88 Å². The summed E-state index contributed by atoms with van der Waals surface area (Å²) < 4.78 is 6.69. The van der Waals surface area contributed by atoms with Crippen molar-refractivity contribution in [3.63, 3.8) is 0 Å². The number of nitrogens with zero attached hydrogens (tertiary/aromatic N) is 3. The normalized spacial score (nSPS) is 13.5. The maximum absolute atomic E-state index is 5.67. The second-order valence-electron chi connectivity index (χ2n) is 4.40. The molecule has 7 heteroatoms. The second-order valence-corrected chi connectivity index (χ2v) is 5.26. The van der Waals surface area contributed by atoms with E-state index < -0.39 is 0 Å². The molecule has 0 bridgehead atoms. The fraction of sp³-hybridized carbons (Fsp3) is 0.214. The first kappa shape index (κ1) is 13.8. The van der Waals surface area contributed by atoms with Gasteiger partial charge in [-0.25, -0.2) is 0 Å². The van der Waals surface area contributed by atoms with Gasteiger partial charge in [0.25, 0.3) is 0 Å². The Morgan fingerprint density at radius 3 is 3.00 bits per heavy atom. The summed E-state index contributed by atoms with van der Waals surface area (Å²) in [5.41, 5.74) is 1.06. The standard InChI is InChI=1S/C14H14BrN5O/c15-11-4-2-1-3-10(11)9-21-13-8-16-7-12(19-13)20-14-17-5-6-18-14/h1-4,7-8H,5-6,9H2,(H2,17,18,19,20). The number of guanidine groups is 1. The van der Waals surface area contributed by atoms with E-state index in [1.165, 1.54) is 0 Å². The minimum atomic E-state index is 0.429. The molecular formula is C14H14BrN5O. The molecule has 0 saturated heterocycles. The number of aliphatic imine (C=N–C) groups is 1. The zero-order valence-electron chi connectivity index (χ0n) is 11.2. The third-order valence-electron chi connectivity index (χ3n) is 2.87. The number of anilines is 1. The summed E-state index contributed by atoms with van der Waals surface area (Å²) >= 11 is 3.49. The van der Waals surface area contributed by atoms with Gasteiger partial charge in [0.15, 0.2) is 11.8 Å². The first-order chi connectivity index (χ1) is 10.3. The first-order valence-corrected chi connectivity index (χ1v) is 7.34. The molecule has 0 unspecified atom stereocenters. The molecule has 2 N–H and O–H groups in total. The molecule has 0 amide bonds. The number of aromatic nitrogens is 2. The van der Waals surface area contributed by atoms with Crippen LogP contribution >= 0.6 is 15.9 Å². The number of rotatable bonds is 4. The smallest absolute Gasteiger partial charge is 0.234 e. The Morgan fingerprint density at radius 2 is 2.19 bits per heavy atom. The van der Waals surface area contributed by atoms with Gasteiger partial charge < -0.3 is 15.4 Å².